The number of carbonyl (C=O) groups excluding carboxylic acids is 3. The highest BCUT2D eigenvalue weighted by atomic mass is 32.2. The molecular formula is C17H31N3O3S. The second-order valence-electron chi connectivity index (χ2n) is 7.37. The van der Waals surface area contributed by atoms with Crippen molar-refractivity contribution >= 4 is 29.5 Å². The van der Waals surface area contributed by atoms with Crippen molar-refractivity contribution in [2.75, 3.05) is 19.1 Å². The fraction of sp³-hybridized carbons (Fsp3) is 0.824. The fourth-order valence-corrected chi connectivity index (χ4v) is 3.78. The molecule has 6 nitrogen and oxygen atoms in total. The lowest BCUT2D eigenvalue weighted by atomic mass is 9.85. The summed E-state index contributed by atoms with van der Waals surface area (Å²) < 4.78 is 0. The Balaban J connectivity index is 3.11. The molecule has 2 N–H and O–H groups in total. The molecule has 0 aromatic heterocycles. The van der Waals surface area contributed by atoms with E-state index in [1.54, 1.807) is 23.7 Å². The van der Waals surface area contributed by atoms with Gasteiger partial charge >= 0.3 is 0 Å². The van der Waals surface area contributed by atoms with E-state index in [9.17, 15) is 14.4 Å². The van der Waals surface area contributed by atoms with E-state index in [0.717, 1.165) is 12.2 Å². The van der Waals surface area contributed by atoms with Crippen LogP contribution in [0.15, 0.2) is 0 Å². The van der Waals surface area contributed by atoms with E-state index in [-0.39, 0.29) is 29.2 Å². The monoisotopic (exact) mass is 357 g/mol. The van der Waals surface area contributed by atoms with Crippen molar-refractivity contribution < 1.29 is 14.4 Å². The van der Waals surface area contributed by atoms with Gasteiger partial charge < -0.3 is 15.5 Å². The molecule has 1 rings (SSSR count). The summed E-state index contributed by atoms with van der Waals surface area (Å²) in [5, 5.41) is 5.43. The lowest BCUT2D eigenvalue weighted by Crippen LogP contribution is -2.57. The number of amides is 3. The van der Waals surface area contributed by atoms with Gasteiger partial charge in [0.05, 0.1) is 0 Å². The van der Waals surface area contributed by atoms with Gasteiger partial charge in [0.25, 0.3) is 0 Å². The van der Waals surface area contributed by atoms with Crippen LogP contribution in [0.25, 0.3) is 0 Å². The smallest absolute Gasteiger partial charge is 0.246 e. The first-order valence-corrected chi connectivity index (χ1v) is 9.82. The first kappa shape index (κ1) is 20.8. The third-order valence-electron chi connectivity index (χ3n) is 4.47. The van der Waals surface area contributed by atoms with Crippen LogP contribution in [0.1, 0.15) is 47.0 Å². The van der Waals surface area contributed by atoms with Gasteiger partial charge in [-0.2, -0.15) is 11.8 Å². The maximum atomic E-state index is 13.2. The SMILES string of the molecule is CNC(=O)[C@@H]1CC[C@H](C(C)(C)C)N1C(=O)[C@@H](CCSC)NC(C)=O. The lowest BCUT2D eigenvalue weighted by molar-refractivity contribution is -0.145. The predicted molar refractivity (Wildman–Crippen MR) is 97.8 cm³/mol. The highest BCUT2D eigenvalue weighted by Gasteiger charge is 2.46. The summed E-state index contributed by atoms with van der Waals surface area (Å²) in [6, 6.07) is -1.06. The molecule has 1 fully saturated rings. The van der Waals surface area contributed by atoms with E-state index < -0.39 is 12.1 Å². The minimum absolute atomic E-state index is 0.0159. The Morgan fingerprint density at radius 2 is 1.88 bits per heavy atom. The van der Waals surface area contributed by atoms with Crippen LogP contribution < -0.4 is 10.6 Å². The molecular weight excluding hydrogens is 326 g/mol. The quantitative estimate of drug-likeness (QED) is 0.753. The van der Waals surface area contributed by atoms with Crippen molar-refractivity contribution in [3.8, 4) is 0 Å². The van der Waals surface area contributed by atoms with Gasteiger partial charge in [-0.15, -0.1) is 0 Å². The number of carbonyl (C=O) groups is 3. The van der Waals surface area contributed by atoms with Crippen molar-refractivity contribution in [2.45, 2.75) is 65.1 Å². The predicted octanol–water partition coefficient (Wildman–Crippen LogP) is 1.40. The van der Waals surface area contributed by atoms with E-state index in [2.05, 4.69) is 31.4 Å². The number of rotatable bonds is 6. The van der Waals surface area contributed by atoms with Gasteiger partial charge in [-0.05, 0) is 36.7 Å². The van der Waals surface area contributed by atoms with Crippen molar-refractivity contribution in [1.82, 2.24) is 15.5 Å². The Kier molecular flexibility index (Phi) is 7.57. The zero-order chi connectivity index (χ0) is 18.5. The summed E-state index contributed by atoms with van der Waals surface area (Å²) in [6.45, 7) is 7.67. The van der Waals surface area contributed by atoms with Crippen LogP contribution in [0.5, 0.6) is 0 Å². The number of likely N-dealkylation sites (N-methyl/N-ethyl adjacent to an activating group) is 1. The Labute approximate surface area is 149 Å². The largest absolute Gasteiger partial charge is 0.357 e. The molecule has 0 radical (unpaired) electrons. The van der Waals surface area contributed by atoms with Crippen LogP contribution in [0.2, 0.25) is 0 Å². The Morgan fingerprint density at radius 1 is 1.25 bits per heavy atom. The molecule has 0 aromatic rings. The molecule has 3 amide bonds. The maximum Gasteiger partial charge on any atom is 0.246 e. The van der Waals surface area contributed by atoms with Crippen LogP contribution in [-0.4, -0.2) is 59.8 Å². The van der Waals surface area contributed by atoms with Crippen LogP contribution in [0.4, 0.5) is 0 Å². The number of hydrogen-bond donors (Lipinski definition) is 2. The normalized spacial score (nSPS) is 22.2. The molecule has 138 valence electrons. The molecule has 1 heterocycles. The molecule has 0 saturated carbocycles. The molecule has 1 aliphatic heterocycles. The first-order valence-electron chi connectivity index (χ1n) is 8.43. The van der Waals surface area contributed by atoms with Crippen LogP contribution in [0, 0.1) is 5.41 Å². The number of nitrogens with zero attached hydrogens (tertiary/aromatic N) is 1. The molecule has 1 aliphatic rings. The van der Waals surface area contributed by atoms with Gasteiger partial charge in [-0.25, -0.2) is 0 Å². The minimum atomic E-state index is -0.579. The topological polar surface area (TPSA) is 78.5 Å². The van der Waals surface area contributed by atoms with Crippen molar-refractivity contribution in [1.29, 1.82) is 0 Å². The highest BCUT2D eigenvalue weighted by molar-refractivity contribution is 7.98. The highest BCUT2D eigenvalue weighted by Crippen LogP contribution is 2.36. The van der Waals surface area contributed by atoms with Gasteiger partial charge in [-0.1, -0.05) is 20.8 Å². The molecule has 0 spiro atoms. The molecule has 0 unspecified atom stereocenters. The van der Waals surface area contributed by atoms with E-state index >= 15 is 0 Å². The van der Waals surface area contributed by atoms with Crippen molar-refractivity contribution in [2.24, 2.45) is 5.41 Å². The number of hydrogen-bond acceptors (Lipinski definition) is 4. The third kappa shape index (κ3) is 5.13. The van der Waals surface area contributed by atoms with Crippen molar-refractivity contribution in [3.05, 3.63) is 0 Å². The standard InChI is InChI=1S/C17H31N3O3S/c1-11(21)19-12(9-10-24-6)16(23)20-13(15(22)18-5)7-8-14(20)17(2,3)4/h12-14H,7-10H2,1-6H3,(H,18,22)(H,19,21)/t12-,13+,14-/m1/s1. The summed E-state index contributed by atoms with van der Waals surface area (Å²) >= 11 is 1.63. The molecule has 0 aromatic carbocycles. The fourth-order valence-electron chi connectivity index (χ4n) is 3.31. The zero-order valence-corrected chi connectivity index (χ0v) is 16.5. The Hall–Kier alpha value is -1.24. The number of likely N-dealkylation sites (tertiary alicyclic amines) is 1. The second kappa shape index (κ2) is 8.74. The summed E-state index contributed by atoms with van der Waals surface area (Å²) in [7, 11) is 1.59. The average molecular weight is 358 g/mol. The van der Waals surface area contributed by atoms with Gasteiger partial charge in [0.1, 0.15) is 12.1 Å². The summed E-state index contributed by atoms with van der Waals surface area (Å²) in [6.07, 6.45) is 3.98. The maximum absolute atomic E-state index is 13.2. The summed E-state index contributed by atoms with van der Waals surface area (Å²) in [5.74, 6) is 0.263. The summed E-state index contributed by atoms with van der Waals surface area (Å²) in [5.41, 5.74) is -0.126. The lowest BCUT2D eigenvalue weighted by Gasteiger charge is -2.39. The Bertz CT molecular complexity index is 476. The van der Waals surface area contributed by atoms with Gasteiger partial charge in [0, 0.05) is 20.0 Å². The molecule has 0 aliphatic carbocycles. The summed E-state index contributed by atoms with van der Waals surface area (Å²) in [4.78, 5) is 38.7. The molecule has 3 atom stereocenters. The van der Waals surface area contributed by atoms with E-state index in [1.165, 1.54) is 6.92 Å². The van der Waals surface area contributed by atoms with Gasteiger partial charge in [0.2, 0.25) is 17.7 Å². The van der Waals surface area contributed by atoms with Crippen LogP contribution in [0.3, 0.4) is 0 Å². The van der Waals surface area contributed by atoms with E-state index in [1.807, 2.05) is 6.26 Å². The van der Waals surface area contributed by atoms with Gasteiger partial charge in [-0.3, -0.25) is 14.4 Å². The number of nitrogens with one attached hydrogen (secondary N) is 2. The first-order chi connectivity index (χ1) is 11.1. The average Bonchev–Trinajstić information content (AvgIpc) is 2.94. The van der Waals surface area contributed by atoms with Crippen LogP contribution in [-0.2, 0) is 14.4 Å². The molecule has 1 saturated heterocycles. The zero-order valence-electron chi connectivity index (χ0n) is 15.6. The molecule has 0 bridgehead atoms. The van der Waals surface area contributed by atoms with Crippen LogP contribution >= 0.6 is 11.8 Å². The Morgan fingerprint density at radius 3 is 2.33 bits per heavy atom. The molecule has 24 heavy (non-hydrogen) atoms. The second-order valence-corrected chi connectivity index (χ2v) is 8.35. The molecule has 7 heteroatoms. The van der Waals surface area contributed by atoms with Gasteiger partial charge in [0.15, 0.2) is 0 Å². The minimum Gasteiger partial charge on any atom is -0.357 e. The van der Waals surface area contributed by atoms with Crippen molar-refractivity contribution in [3.63, 3.8) is 0 Å². The third-order valence-corrected chi connectivity index (χ3v) is 5.12. The van der Waals surface area contributed by atoms with E-state index in [4.69, 9.17) is 0 Å². The number of thioether (sulfide) groups is 1. The van der Waals surface area contributed by atoms with E-state index in [0.29, 0.717) is 12.8 Å².